The van der Waals surface area contributed by atoms with Gasteiger partial charge in [0, 0.05) is 22.6 Å². The van der Waals surface area contributed by atoms with Crippen LogP contribution in [0.1, 0.15) is 27.1 Å². The average Bonchev–Trinajstić information content (AvgIpc) is 3.17. The molecule has 178 valence electrons. The molecule has 0 saturated carbocycles. The maximum absolute atomic E-state index is 12.9. The van der Waals surface area contributed by atoms with Crippen molar-refractivity contribution in [1.29, 1.82) is 0 Å². The van der Waals surface area contributed by atoms with Crippen LogP contribution in [0.2, 0.25) is 0 Å². The number of carbonyl (C=O) groups is 4. The molecule has 3 amide bonds. The predicted molar refractivity (Wildman–Crippen MR) is 132 cm³/mol. The summed E-state index contributed by atoms with van der Waals surface area (Å²) in [6.07, 6.45) is 0.0661. The molecule has 1 N–H and O–H groups in total. The molecule has 0 radical (unpaired) electrons. The van der Waals surface area contributed by atoms with Gasteiger partial charge in [-0.25, -0.2) is 9.69 Å². The first kappa shape index (κ1) is 24.0. The molecule has 1 saturated heterocycles. The predicted octanol–water partition coefficient (Wildman–Crippen LogP) is 4.16. The summed E-state index contributed by atoms with van der Waals surface area (Å²) in [6.45, 7) is 0. The number of thioether (sulfide) groups is 1. The van der Waals surface area contributed by atoms with E-state index in [-0.39, 0.29) is 24.1 Å². The molecule has 3 aromatic carbocycles. The van der Waals surface area contributed by atoms with Gasteiger partial charge in [0.05, 0.1) is 30.7 Å². The van der Waals surface area contributed by atoms with Crippen molar-refractivity contribution in [1.82, 2.24) is 0 Å². The number of hydrogen-bond donors (Lipinski definition) is 1. The van der Waals surface area contributed by atoms with Crippen molar-refractivity contribution in [3.05, 3.63) is 83.9 Å². The van der Waals surface area contributed by atoms with E-state index in [1.807, 2.05) is 0 Å². The van der Waals surface area contributed by atoms with Crippen LogP contribution in [0.3, 0.4) is 0 Å². The number of carbonyl (C=O) groups excluding carboxylic acids is 4. The summed E-state index contributed by atoms with van der Waals surface area (Å²) in [5.41, 5.74) is 1.81. The molecule has 1 heterocycles. The van der Waals surface area contributed by atoms with Gasteiger partial charge in [0.1, 0.15) is 5.75 Å². The fraction of sp³-hybridized carbons (Fsp3) is 0.154. The summed E-state index contributed by atoms with van der Waals surface area (Å²) in [5, 5.41) is 2.26. The summed E-state index contributed by atoms with van der Waals surface area (Å²) in [6, 6.07) is 20.0. The first-order valence-electron chi connectivity index (χ1n) is 10.7. The molecule has 1 aliphatic rings. The summed E-state index contributed by atoms with van der Waals surface area (Å²) in [7, 11) is 2.82. The third kappa shape index (κ3) is 5.36. The van der Waals surface area contributed by atoms with E-state index in [1.165, 1.54) is 38.1 Å². The van der Waals surface area contributed by atoms with Gasteiger partial charge in [0.25, 0.3) is 5.91 Å². The number of rotatable bonds is 7. The van der Waals surface area contributed by atoms with E-state index in [4.69, 9.17) is 4.74 Å². The van der Waals surface area contributed by atoms with Crippen molar-refractivity contribution in [3.8, 4) is 5.75 Å². The lowest BCUT2D eigenvalue weighted by molar-refractivity contribution is -0.121. The maximum Gasteiger partial charge on any atom is 0.337 e. The van der Waals surface area contributed by atoms with Gasteiger partial charge in [-0.2, -0.15) is 0 Å². The summed E-state index contributed by atoms with van der Waals surface area (Å²) >= 11 is 1.29. The molecule has 1 fully saturated rings. The zero-order valence-electron chi connectivity index (χ0n) is 19.0. The van der Waals surface area contributed by atoms with Crippen LogP contribution in [0.4, 0.5) is 11.4 Å². The Morgan fingerprint density at radius 1 is 0.943 bits per heavy atom. The Balaban J connectivity index is 1.39. The lowest BCUT2D eigenvalue weighted by Gasteiger charge is -2.15. The Morgan fingerprint density at radius 2 is 1.66 bits per heavy atom. The van der Waals surface area contributed by atoms with Crippen molar-refractivity contribution in [2.45, 2.75) is 16.6 Å². The first-order valence-corrected chi connectivity index (χ1v) is 11.5. The van der Waals surface area contributed by atoms with Gasteiger partial charge in [0.2, 0.25) is 11.8 Å². The SMILES string of the molecule is COC(=O)c1ccc(N2C(=O)CC(Sc3ccc(NC(=O)c4cccc(OC)c4)cc3)C2=O)cc1. The molecule has 0 aliphatic carbocycles. The van der Waals surface area contributed by atoms with E-state index >= 15 is 0 Å². The molecule has 9 heteroatoms. The van der Waals surface area contributed by atoms with Gasteiger partial charge in [-0.3, -0.25) is 14.4 Å². The normalized spacial score (nSPS) is 15.1. The van der Waals surface area contributed by atoms with Gasteiger partial charge < -0.3 is 14.8 Å². The van der Waals surface area contributed by atoms with Crippen LogP contribution >= 0.6 is 11.8 Å². The quantitative estimate of drug-likeness (QED) is 0.392. The highest BCUT2D eigenvalue weighted by atomic mass is 32.2. The molecule has 1 atom stereocenters. The lowest BCUT2D eigenvalue weighted by Crippen LogP contribution is -2.31. The molecular weight excluding hydrogens is 468 g/mol. The smallest absolute Gasteiger partial charge is 0.337 e. The van der Waals surface area contributed by atoms with Gasteiger partial charge >= 0.3 is 5.97 Å². The van der Waals surface area contributed by atoms with Crippen molar-refractivity contribution in [2.75, 3.05) is 24.4 Å². The molecule has 1 unspecified atom stereocenters. The minimum absolute atomic E-state index is 0.0661. The molecule has 3 aromatic rings. The van der Waals surface area contributed by atoms with Gasteiger partial charge in [-0.1, -0.05) is 6.07 Å². The minimum Gasteiger partial charge on any atom is -0.497 e. The number of anilines is 2. The Kier molecular flexibility index (Phi) is 7.17. The van der Waals surface area contributed by atoms with Crippen molar-refractivity contribution < 1.29 is 28.7 Å². The summed E-state index contributed by atoms with van der Waals surface area (Å²) in [5.74, 6) is -0.794. The van der Waals surface area contributed by atoms with E-state index in [0.717, 1.165) is 9.80 Å². The number of nitrogens with one attached hydrogen (secondary N) is 1. The zero-order valence-corrected chi connectivity index (χ0v) is 19.8. The van der Waals surface area contributed by atoms with Gasteiger partial charge in [-0.05, 0) is 66.7 Å². The fourth-order valence-corrected chi connectivity index (χ4v) is 4.63. The monoisotopic (exact) mass is 490 g/mol. The highest BCUT2D eigenvalue weighted by molar-refractivity contribution is 8.00. The molecule has 0 aromatic heterocycles. The Labute approximate surface area is 206 Å². The summed E-state index contributed by atoms with van der Waals surface area (Å²) < 4.78 is 9.82. The fourth-order valence-electron chi connectivity index (χ4n) is 3.58. The molecule has 0 spiro atoms. The van der Waals surface area contributed by atoms with E-state index in [0.29, 0.717) is 28.3 Å². The van der Waals surface area contributed by atoms with Crippen LogP contribution in [0, 0.1) is 0 Å². The second kappa shape index (κ2) is 10.4. The number of imide groups is 1. The molecule has 1 aliphatic heterocycles. The molecule has 0 bridgehead atoms. The van der Waals surface area contributed by atoms with Crippen LogP contribution in [0.5, 0.6) is 5.75 Å². The van der Waals surface area contributed by atoms with Crippen LogP contribution < -0.4 is 15.0 Å². The van der Waals surface area contributed by atoms with Crippen LogP contribution in [-0.4, -0.2) is 43.2 Å². The average molecular weight is 491 g/mol. The number of ether oxygens (including phenoxy) is 2. The van der Waals surface area contributed by atoms with E-state index in [9.17, 15) is 19.2 Å². The van der Waals surface area contributed by atoms with Crippen LogP contribution in [0.15, 0.2) is 77.7 Å². The van der Waals surface area contributed by atoms with Crippen molar-refractivity contribution in [2.24, 2.45) is 0 Å². The first-order chi connectivity index (χ1) is 16.9. The lowest BCUT2D eigenvalue weighted by atomic mass is 10.2. The molecule has 35 heavy (non-hydrogen) atoms. The van der Waals surface area contributed by atoms with Crippen LogP contribution in [-0.2, 0) is 14.3 Å². The van der Waals surface area contributed by atoms with Gasteiger partial charge in [-0.15, -0.1) is 11.8 Å². The second-order valence-electron chi connectivity index (χ2n) is 7.63. The number of nitrogens with zero attached hydrogens (tertiary/aromatic N) is 1. The van der Waals surface area contributed by atoms with Crippen molar-refractivity contribution in [3.63, 3.8) is 0 Å². The molecular formula is C26H22N2O6S. The minimum atomic E-state index is -0.569. The highest BCUT2D eigenvalue weighted by Crippen LogP contribution is 2.34. The largest absolute Gasteiger partial charge is 0.497 e. The highest BCUT2D eigenvalue weighted by Gasteiger charge is 2.40. The number of hydrogen-bond acceptors (Lipinski definition) is 7. The third-order valence-corrected chi connectivity index (χ3v) is 6.57. The Morgan fingerprint density at radius 3 is 2.31 bits per heavy atom. The van der Waals surface area contributed by atoms with Crippen LogP contribution in [0.25, 0.3) is 0 Å². The Bertz CT molecular complexity index is 1270. The number of benzene rings is 3. The van der Waals surface area contributed by atoms with E-state index < -0.39 is 11.2 Å². The third-order valence-electron chi connectivity index (χ3n) is 5.37. The topological polar surface area (TPSA) is 102 Å². The molecule has 8 nitrogen and oxygen atoms in total. The molecule has 4 rings (SSSR count). The second-order valence-corrected chi connectivity index (χ2v) is 8.90. The number of methoxy groups -OCH3 is 2. The number of amides is 3. The standard InChI is InChI=1S/C26H22N2O6S/c1-33-20-5-3-4-17(14-20)24(30)27-18-8-12-21(13-9-18)35-22-15-23(29)28(25(22)31)19-10-6-16(7-11-19)26(32)34-2/h3-14,22H,15H2,1-2H3,(H,27,30). The Hall–Kier alpha value is -4.11. The van der Waals surface area contributed by atoms with E-state index in [1.54, 1.807) is 60.7 Å². The van der Waals surface area contributed by atoms with Gasteiger partial charge in [0.15, 0.2) is 0 Å². The van der Waals surface area contributed by atoms with E-state index in [2.05, 4.69) is 10.1 Å². The number of esters is 1. The summed E-state index contributed by atoms with van der Waals surface area (Å²) in [4.78, 5) is 51.5. The van der Waals surface area contributed by atoms with Crippen molar-refractivity contribution >= 4 is 46.8 Å². The maximum atomic E-state index is 12.9. The zero-order chi connectivity index (χ0) is 24.9.